The fourth-order valence-corrected chi connectivity index (χ4v) is 4.49. The van der Waals surface area contributed by atoms with E-state index in [0.717, 1.165) is 28.1 Å². The number of carboxylic acids is 1. The van der Waals surface area contributed by atoms with E-state index in [1.165, 1.54) is 0 Å². The average Bonchev–Trinajstić information content (AvgIpc) is 3.19. The molecule has 3 N–H and O–H groups in total. The van der Waals surface area contributed by atoms with Crippen molar-refractivity contribution in [3.05, 3.63) is 82.9 Å². The second-order valence-electron chi connectivity index (χ2n) is 9.51. The summed E-state index contributed by atoms with van der Waals surface area (Å²) in [6, 6.07) is 15.8. The van der Waals surface area contributed by atoms with Gasteiger partial charge in [0.1, 0.15) is 14.2 Å². The van der Waals surface area contributed by atoms with Gasteiger partial charge in [-0.25, -0.2) is 9.78 Å². The molecule has 0 saturated carbocycles. The Kier molecular flexibility index (Phi) is 7.52. The number of carboxylic acid groups (broad SMARTS) is 1. The molecule has 2 unspecified atom stereocenters. The Morgan fingerprint density at radius 3 is 2.61 bits per heavy atom. The molecular weight excluding hydrogens is 474 g/mol. The number of aliphatic imine (C=N–C) groups is 1. The van der Waals surface area contributed by atoms with E-state index in [1.54, 1.807) is 6.33 Å². The first-order chi connectivity index (χ1) is 17.2. The maximum absolute atomic E-state index is 11.6. The van der Waals surface area contributed by atoms with E-state index in [-0.39, 0.29) is 25.5 Å². The highest BCUT2D eigenvalue weighted by Gasteiger charge is 2.34. The topological polar surface area (TPSA) is 117 Å². The first-order valence-electron chi connectivity index (χ1n) is 11.7. The maximum Gasteiger partial charge on any atom is 0.335 e. The number of aromatic nitrogens is 2. The molecule has 3 aromatic rings. The summed E-state index contributed by atoms with van der Waals surface area (Å²) in [6.07, 6.45) is -1.52. The summed E-state index contributed by atoms with van der Waals surface area (Å²) in [5.74, 6) is 1.88. The Morgan fingerprint density at radius 1 is 1.19 bits per heavy atom. The lowest BCUT2D eigenvalue weighted by atomic mass is 9.98. The van der Waals surface area contributed by atoms with Crippen LogP contribution in [-0.2, 0) is 16.1 Å². The molecule has 186 valence electrons. The second-order valence-corrected chi connectivity index (χ2v) is 14.3. The molecule has 1 aliphatic rings. The summed E-state index contributed by atoms with van der Waals surface area (Å²) in [7, 11) is -1.57. The normalized spacial score (nSPS) is 14.4. The predicted molar refractivity (Wildman–Crippen MR) is 139 cm³/mol. The Bertz CT molecular complexity index is 1350. The third kappa shape index (κ3) is 5.47. The largest absolute Gasteiger partial charge is 0.479 e. The number of carbonyl (C=O) groups is 1. The number of aliphatic carboxylic acids is 1. The minimum absolute atomic E-state index is 0.143. The van der Waals surface area contributed by atoms with Crippen LogP contribution in [0.3, 0.4) is 0 Å². The van der Waals surface area contributed by atoms with Crippen molar-refractivity contribution in [2.45, 2.75) is 38.4 Å². The van der Waals surface area contributed by atoms with E-state index >= 15 is 0 Å². The van der Waals surface area contributed by atoms with Gasteiger partial charge in [-0.3, -0.25) is 4.99 Å². The maximum atomic E-state index is 11.6. The van der Waals surface area contributed by atoms with Crippen LogP contribution in [0, 0.1) is 11.5 Å². The van der Waals surface area contributed by atoms with Gasteiger partial charge in [0.15, 0.2) is 6.10 Å². The van der Waals surface area contributed by atoms with Gasteiger partial charge in [0.2, 0.25) is 0 Å². The smallest absolute Gasteiger partial charge is 0.335 e. The van der Waals surface area contributed by atoms with Gasteiger partial charge < -0.3 is 24.6 Å². The fraction of sp³-hybridized carbons (Fsp3) is 0.296. The van der Waals surface area contributed by atoms with Gasteiger partial charge in [-0.1, -0.05) is 55.9 Å². The number of ether oxygens (including phenoxy) is 1. The SMILES string of the molecule is C[Si](C)(C)C#Cc1ccc2c(c1)C(c1ccccc1)=NCc1c(C(OCCO)C(O)C(=O)O)ncn1-2. The van der Waals surface area contributed by atoms with Crippen molar-refractivity contribution in [3.8, 4) is 17.2 Å². The first kappa shape index (κ1) is 25.5. The highest BCUT2D eigenvalue weighted by atomic mass is 28.3. The molecule has 0 radical (unpaired) electrons. The van der Waals surface area contributed by atoms with Crippen LogP contribution >= 0.6 is 0 Å². The summed E-state index contributed by atoms with van der Waals surface area (Å²) in [4.78, 5) is 20.9. The molecule has 36 heavy (non-hydrogen) atoms. The molecule has 4 rings (SSSR count). The van der Waals surface area contributed by atoms with Crippen molar-refractivity contribution >= 4 is 19.8 Å². The molecule has 2 atom stereocenters. The average molecular weight is 504 g/mol. The second kappa shape index (κ2) is 10.6. The summed E-state index contributed by atoms with van der Waals surface area (Å²) < 4.78 is 7.38. The summed E-state index contributed by atoms with van der Waals surface area (Å²) >= 11 is 0. The van der Waals surface area contributed by atoms with Gasteiger partial charge in [0.05, 0.1) is 48.9 Å². The lowest BCUT2D eigenvalue weighted by molar-refractivity contribution is -0.157. The number of hydrogen-bond acceptors (Lipinski definition) is 6. The van der Waals surface area contributed by atoms with Crippen LogP contribution in [0.5, 0.6) is 0 Å². The third-order valence-electron chi connectivity index (χ3n) is 5.62. The van der Waals surface area contributed by atoms with E-state index in [9.17, 15) is 20.1 Å². The van der Waals surface area contributed by atoms with Crippen molar-refractivity contribution in [3.63, 3.8) is 0 Å². The number of imidazole rings is 1. The molecule has 0 spiro atoms. The Hall–Kier alpha value is -3.55. The Labute approximate surface area is 210 Å². The standard InChI is InChI=1S/C27H29N3O5Si/c1-36(2,3)14-11-18-9-10-21-20(15-18)23(19-7-5-4-6-8-19)28-16-22-24(29-17-30(21)22)26(35-13-12-31)25(32)27(33)34/h4-10,15,17,25-26,31-32H,12-13,16H2,1-3H3,(H,33,34). The van der Waals surface area contributed by atoms with Crippen LogP contribution in [0.4, 0.5) is 0 Å². The molecule has 1 aromatic heterocycles. The zero-order valence-electron chi connectivity index (χ0n) is 20.5. The van der Waals surface area contributed by atoms with Gasteiger partial charge in [0.25, 0.3) is 0 Å². The lowest BCUT2D eigenvalue weighted by Gasteiger charge is -2.20. The minimum Gasteiger partial charge on any atom is -0.479 e. The number of fused-ring (bicyclic) bond motifs is 3. The summed E-state index contributed by atoms with van der Waals surface area (Å²) in [5, 5.41) is 29.0. The number of aliphatic hydroxyl groups is 2. The number of hydrogen-bond donors (Lipinski definition) is 3. The quantitative estimate of drug-likeness (QED) is 0.337. The van der Waals surface area contributed by atoms with Crippen molar-refractivity contribution in [2.75, 3.05) is 13.2 Å². The Balaban J connectivity index is 1.89. The van der Waals surface area contributed by atoms with Crippen LogP contribution in [0.25, 0.3) is 5.69 Å². The van der Waals surface area contributed by atoms with E-state index in [0.29, 0.717) is 5.69 Å². The van der Waals surface area contributed by atoms with E-state index in [2.05, 4.69) is 36.1 Å². The molecule has 9 heteroatoms. The van der Waals surface area contributed by atoms with Gasteiger partial charge in [-0.15, -0.1) is 5.54 Å². The van der Waals surface area contributed by atoms with Crippen LogP contribution < -0.4 is 0 Å². The van der Waals surface area contributed by atoms with Crippen LogP contribution in [0.2, 0.25) is 19.6 Å². The molecular formula is C27H29N3O5Si. The lowest BCUT2D eigenvalue weighted by Crippen LogP contribution is -2.31. The third-order valence-corrected chi connectivity index (χ3v) is 6.50. The molecule has 2 heterocycles. The molecule has 2 aromatic carbocycles. The first-order valence-corrected chi connectivity index (χ1v) is 15.2. The summed E-state index contributed by atoms with van der Waals surface area (Å²) in [6.45, 7) is 6.31. The highest BCUT2D eigenvalue weighted by molar-refractivity contribution is 6.83. The van der Waals surface area contributed by atoms with Crippen LogP contribution in [0.15, 0.2) is 59.9 Å². The zero-order valence-corrected chi connectivity index (χ0v) is 21.5. The van der Waals surface area contributed by atoms with E-state index in [1.807, 2.05) is 53.1 Å². The molecule has 0 fully saturated rings. The molecule has 0 aliphatic carbocycles. The highest BCUT2D eigenvalue weighted by Crippen LogP contribution is 2.31. The van der Waals surface area contributed by atoms with Gasteiger partial charge in [-0.05, 0) is 18.2 Å². The zero-order chi connectivity index (χ0) is 25.9. The van der Waals surface area contributed by atoms with Crippen LogP contribution in [0.1, 0.15) is 34.2 Å². The van der Waals surface area contributed by atoms with Gasteiger partial charge >= 0.3 is 5.97 Å². The monoisotopic (exact) mass is 503 g/mol. The van der Waals surface area contributed by atoms with Crippen molar-refractivity contribution in [2.24, 2.45) is 4.99 Å². The van der Waals surface area contributed by atoms with Gasteiger partial charge in [0, 0.05) is 16.7 Å². The molecule has 0 bridgehead atoms. The van der Waals surface area contributed by atoms with Gasteiger partial charge in [-0.2, -0.15) is 0 Å². The predicted octanol–water partition coefficient (Wildman–Crippen LogP) is 2.95. The molecule has 1 aliphatic heterocycles. The molecule has 0 amide bonds. The van der Waals surface area contributed by atoms with Crippen molar-refractivity contribution in [1.82, 2.24) is 9.55 Å². The minimum atomic E-state index is -1.85. The molecule has 8 nitrogen and oxygen atoms in total. The summed E-state index contributed by atoms with van der Waals surface area (Å²) in [5.41, 5.74) is 8.57. The fourth-order valence-electron chi connectivity index (χ4n) is 3.97. The van der Waals surface area contributed by atoms with Crippen molar-refractivity contribution in [1.29, 1.82) is 0 Å². The number of rotatable bonds is 7. The van der Waals surface area contributed by atoms with E-state index in [4.69, 9.17) is 9.73 Å². The Morgan fingerprint density at radius 2 is 1.94 bits per heavy atom. The van der Waals surface area contributed by atoms with Crippen molar-refractivity contribution < 1.29 is 24.9 Å². The molecule has 0 saturated heterocycles. The number of nitrogens with zero attached hydrogens (tertiary/aromatic N) is 3. The number of benzene rings is 2. The van der Waals surface area contributed by atoms with Crippen LogP contribution in [-0.4, -0.2) is 63.9 Å². The number of aliphatic hydroxyl groups excluding tert-OH is 2. The van der Waals surface area contributed by atoms with E-state index < -0.39 is 26.3 Å².